The maximum atomic E-state index is 13.2. The average molecular weight is 1170 g/mol. The Kier molecular flexibility index (Phi) is 55.3. The second kappa shape index (κ2) is 59.0. The van der Waals surface area contributed by atoms with E-state index in [2.05, 4.69) is 69.4 Å². The molecule has 1 fully saturated rings. The molecule has 0 bridgehead atoms. The van der Waals surface area contributed by atoms with Gasteiger partial charge in [0.25, 0.3) is 0 Å². The van der Waals surface area contributed by atoms with Gasteiger partial charge < -0.3 is 39.0 Å². The maximum absolute atomic E-state index is 13.2. The summed E-state index contributed by atoms with van der Waals surface area (Å²) in [6, 6.07) is 0. The van der Waals surface area contributed by atoms with Crippen LogP contribution in [-0.4, -0.2) is 89.2 Å². The van der Waals surface area contributed by atoms with Crippen LogP contribution < -0.4 is 0 Å². The zero-order chi connectivity index (χ0) is 60.3. The van der Waals surface area contributed by atoms with E-state index in [1.807, 2.05) is 0 Å². The average Bonchev–Trinajstić information content (AvgIpc) is 3.59. The number of hydrogen-bond donors (Lipinski definition) is 3. The molecule has 0 aromatic heterocycles. The molecule has 0 aromatic carbocycles. The smallest absolute Gasteiger partial charge is 0.335 e. The van der Waals surface area contributed by atoms with E-state index in [-0.39, 0.29) is 25.9 Å². The van der Waals surface area contributed by atoms with Gasteiger partial charge in [-0.1, -0.05) is 301 Å². The van der Waals surface area contributed by atoms with Crippen LogP contribution in [0.1, 0.15) is 329 Å². The van der Waals surface area contributed by atoms with Crippen molar-refractivity contribution in [3.05, 3.63) is 48.6 Å². The van der Waals surface area contributed by atoms with Crippen molar-refractivity contribution >= 4 is 23.9 Å². The number of esters is 3. The van der Waals surface area contributed by atoms with Crippen LogP contribution >= 0.6 is 0 Å². The summed E-state index contributed by atoms with van der Waals surface area (Å²) in [6.45, 7) is 5.94. The van der Waals surface area contributed by atoms with E-state index in [0.717, 1.165) is 103 Å². The molecule has 0 amide bonds. The van der Waals surface area contributed by atoms with Crippen LogP contribution in [-0.2, 0) is 42.9 Å². The zero-order valence-corrected chi connectivity index (χ0v) is 53.5. The molecule has 482 valence electrons. The topological polar surface area (TPSA) is 175 Å². The molecule has 1 heterocycles. The van der Waals surface area contributed by atoms with Gasteiger partial charge in [-0.15, -0.1) is 0 Å². The van der Waals surface area contributed by atoms with Crippen LogP contribution in [0, 0.1) is 0 Å². The fourth-order valence-electron chi connectivity index (χ4n) is 10.7. The minimum Gasteiger partial charge on any atom is -0.479 e. The Balaban J connectivity index is 2.63. The highest BCUT2D eigenvalue weighted by Gasteiger charge is 2.50. The lowest BCUT2D eigenvalue weighted by Crippen LogP contribution is -2.61. The lowest BCUT2D eigenvalue weighted by Gasteiger charge is -2.40. The number of carboxylic acid groups (broad SMARTS) is 1. The summed E-state index contributed by atoms with van der Waals surface area (Å²) in [5.74, 6) is -3.10. The van der Waals surface area contributed by atoms with Gasteiger partial charge >= 0.3 is 23.9 Å². The first kappa shape index (κ1) is 77.7. The molecular weight excluding hydrogens is 1040 g/mol. The fourth-order valence-corrected chi connectivity index (χ4v) is 10.7. The van der Waals surface area contributed by atoms with Crippen molar-refractivity contribution in [2.24, 2.45) is 0 Å². The molecule has 0 aromatic rings. The van der Waals surface area contributed by atoms with E-state index < -0.39 is 67.3 Å². The Morgan fingerprint density at radius 3 is 1.16 bits per heavy atom. The Labute approximate surface area is 507 Å². The molecule has 0 saturated carbocycles. The number of aliphatic carboxylic acids is 1. The van der Waals surface area contributed by atoms with Crippen LogP contribution in [0.15, 0.2) is 48.6 Å². The third kappa shape index (κ3) is 48.5. The standard InChI is InChI=1S/C71H126O12/c1-4-7-10-13-16-19-22-25-28-31-32-35-36-39-42-45-48-51-54-57-63(72)79-60-62(81-64(73)58-55-52-49-46-43-40-37-33-29-26-23-20-17-14-11-8-5-2)61-80-71-69(67(76)66(75)68(83-71)70(77)78)82-65(74)59-56-53-50-47-44-41-38-34-30-27-24-21-18-15-12-9-6-3/h7,10,16,19,25,28,32,35,62,66-69,71,75-76H,4-6,8-9,11-15,17-18,20-24,26-27,29-31,33-34,36-61H2,1-3H3,(H,77,78)/b10-7-,19-16-,28-25-,35-32-. The molecule has 0 aliphatic carbocycles. The van der Waals surface area contributed by atoms with Gasteiger partial charge in [-0.05, 0) is 57.8 Å². The van der Waals surface area contributed by atoms with Crippen LogP contribution in [0.5, 0.6) is 0 Å². The second-order valence-electron chi connectivity index (χ2n) is 23.8. The lowest BCUT2D eigenvalue weighted by molar-refractivity contribution is -0.301. The molecule has 1 aliphatic heterocycles. The molecule has 1 saturated heterocycles. The van der Waals surface area contributed by atoms with Crippen LogP contribution in [0.3, 0.4) is 0 Å². The molecular formula is C71H126O12. The van der Waals surface area contributed by atoms with Crippen LogP contribution in [0.4, 0.5) is 0 Å². The highest BCUT2D eigenvalue weighted by atomic mass is 16.7. The number of unbranched alkanes of at least 4 members (excludes halogenated alkanes) is 38. The molecule has 1 aliphatic rings. The van der Waals surface area contributed by atoms with Gasteiger partial charge in [-0.2, -0.15) is 0 Å². The maximum Gasteiger partial charge on any atom is 0.335 e. The fraction of sp³-hybridized carbons (Fsp3) is 0.831. The number of aliphatic hydroxyl groups excluding tert-OH is 2. The summed E-state index contributed by atoms with van der Waals surface area (Å²) in [5, 5.41) is 31.7. The lowest BCUT2D eigenvalue weighted by atomic mass is 9.98. The SMILES string of the molecule is CC/C=C\C/C=C\C/C=C\C/C=C\CCCCCCCCC(=O)OCC(COC1OC(C(=O)O)C(O)C(O)C1OC(=O)CCCCCCCCCCCCCCCCCCC)OC(=O)CCCCCCCCCCCCCCCCCCC. The molecule has 12 nitrogen and oxygen atoms in total. The zero-order valence-electron chi connectivity index (χ0n) is 53.5. The number of carbonyl (C=O) groups is 4. The third-order valence-corrected chi connectivity index (χ3v) is 15.9. The Morgan fingerprint density at radius 1 is 0.410 bits per heavy atom. The molecule has 12 heteroatoms. The quantitative estimate of drug-likeness (QED) is 0.0228. The van der Waals surface area contributed by atoms with Crippen LogP contribution in [0.2, 0.25) is 0 Å². The summed E-state index contributed by atoms with van der Waals surface area (Å²) in [7, 11) is 0. The normalized spacial score (nSPS) is 17.8. The van der Waals surface area contributed by atoms with Gasteiger partial charge in [0.2, 0.25) is 0 Å². The number of carboxylic acids is 1. The molecule has 0 spiro atoms. The molecule has 0 radical (unpaired) electrons. The summed E-state index contributed by atoms with van der Waals surface area (Å²) >= 11 is 0. The predicted molar refractivity (Wildman–Crippen MR) is 340 cm³/mol. The minimum absolute atomic E-state index is 0.0648. The van der Waals surface area contributed by atoms with Crippen molar-refractivity contribution in [2.75, 3.05) is 13.2 Å². The largest absolute Gasteiger partial charge is 0.479 e. The Bertz CT molecular complexity index is 1630. The predicted octanol–water partition coefficient (Wildman–Crippen LogP) is 18.9. The van der Waals surface area contributed by atoms with Gasteiger partial charge in [0.05, 0.1) is 6.61 Å². The van der Waals surface area contributed by atoms with E-state index in [1.54, 1.807) is 0 Å². The molecule has 1 rings (SSSR count). The number of rotatable bonds is 60. The first-order chi connectivity index (χ1) is 40.6. The second-order valence-corrected chi connectivity index (χ2v) is 23.8. The first-order valence-electron chi connectivity index (χ1n) is 34.6. The number of hydrogen-bond acceptors (Lipinski definition) is 11. The highest BCUT2D eigenvalue weighted by Crippen LogP contribution is 2.27. The Morgan fingerprint density at radius 2 is 0.759 bits per heavy atom. The molecule has 83 heavy (non-hydrogen) atoms. The number of aliphatic hydroxyl groups is 2. The monoisotopic (exact) mass is 1170 g/mol. The molecule has 6 atom stereocenters. The van der Waals surface area contributed by atoms with Gasteiger partial charge in [-0.25, -0.2) is 4.79 Å². The van der Waals surface area contributed by atoms with E-state index in [4.69, 9.17) is 23.7 Å². The highest BCUT2D eigenvalue weighted by molar-refractivity contribution is 5.74. The van der Waals surface area contributed by atoms with E-state index in [1.165, 1.54) is 167 Å². The van der Waals surface area contributed by atoms with Crippen LogP contribution in [0.25, 0.3) is 0 Å². The van der Waals surface area contributed by atoms with Crippen molar-refractivity contribution in [3.8, 4) is 0 Å². The number of carbonyl (C=O) groups excluding carboxylic acids is 3. The van der Waals surface area contributed by atoms with Gasteiger partial charge in [0.1, 0.15) is 18.8 Å². The van der Waals surface area contributed by atoms with Gasteiger partial charge in [0.15, 0.2) is 24.6 Å². The van der Waals surface area contributed by atoms with Gasteiger partial charge in [0, 0.05) is 19.3 Å². The number of ether oxygens (including phenoxy) is 5. The summed E-state index contributed by atoms with van der Waals surface area (Å²) < 4.78 is 28.6. The van der Waals surface area contributed by atoms with Crippen molar-refractivity contribution in [1.29, 1.82) is 0 Å². The first-order valence-corrected chi connectivity index (χ1v) is 34.6. The van der Waals surface area contributed by atoms with Crippen molar-refractivity contribution in [2.45, 2.75) is 366 Å². The molecule has 3 N–H and O–H groups in total. The van der Waals surface area contributed by atoms with Crippen molar-refractivity contribution < 1.29 is 58.2 Å². The molecule has 6 unspecified atom stereocenters. The summed E-state index contributed by atoms with van der Waals surface area (Å²) in [6.07, 6.45) is 60.6. The van der Waals surface area contributed by atoms with Crippen molar-refractivity contribution in [1.82, 2.24) is 0 Å². The van der Waals surface area contributed by atoms with E-state index in [9.17, 15) is 34.5 Å². The third-order valence-electron chi connectivity index (χ3n) is 15.9. The number of allylic oxidation sites excluding steroid dienone is 8. The van der Waals surface area contributed by atoms with Crippen molar-refractivity contribution in [3.63, 3.8) is 0 Å². The van der Waals surface area contributed by atoms with E-state index >= 15 is 0 Å². The summed E-state index contributed by atoms with van der Waals surface area (Å²) in [5.41, 5.74) is 0. The van der Waals surface area contributed by atoms with Gasteiger partial charge in [-0.3, -0.25) is 14.4 Å². The van der Waals surface area contributed by atoms with E-state index in [0.29, 0.717) is 19.3 Å². The minimum atomic E-state index is -1.90. The summed E-state index contributed by atoms with van der Waals surface area (Å²) in [4.78, 5) is 51.4. The Hall–Kier alpha value is -3.32.